The van der Waals surface area contributed by atoms with Gasteiger partial charge in [-0.15, -0.1) is 0 Å². The topological polar surface area (TPSA) is 143 Å². The zero-order chi connectivity index (χ0) is 14.7. The average molecular weight is 276 g/mol. The van der Waals surface area contributed by atoms with E-state index in [-0.39, 0.29) is 35.8 Å². The van der Waals surface area contributed by atoms with Gasteiger partial charge in [0.05, 0.1) is 4.92 Å². The van der Waals surface area contributed by atoms with Gasteiger partial charge in [0.15, 0.2) is 11.6 Å². The Morgan fingerprint density at radius 3 is 2.50 bits per heavy atom. The van der Waals surface area contributed by atoms with Crippen molar-refractivity contribution in [2.75, 3.05) is 11.5 Å². The van der Waals surface area contributed by atoms with Crippen molar-refractivity contribution in [3.8, 4) is 5.75 Å². The number of rotatable bonds is 4. The summed E-state index contributed by atoms with van der Waals surface area (Å²) in [5.74, 6) is 0.267. The third kappa shape index (κ3) is 3.07. The number of nitro groups is 1. The van der Waals surface area contributed by atoms with Gasteiger partial charge in [0.25, 0.3) is 0 Å². The van der Waals surface area contributed by atoms with E-state index in [1.165, 1.54) is 6.07 Å². The van der Waals surface area contributed by atoms with E-state index in [1.807, 2.05) is 0 Å². The second-order valence-electron chi connectivity index (χ2n) is 3.98. The third-order valence-electron chi connectivity index (χ3n) is 2.39. The van der Waals surface area contributed by atoms with Crippen LogP contribution in [0.25, 0.3) is 0 Å². The molecule has 0 saturated carbocycles. The fourth-order valence-corrected chi connectivity index (χ4v) is 1.55. The van der Waals surface area contributed by atoms with Crippen LogP contribution in [0.3, 0.4) is 0 Å². The Morgan fingerprint density at radius 1 is 1.25 bits per heavy atom. The highest BCUT2D eigenvalue weighted by molar-refractivity contribution is 5.48. The standard InChI is InChI=1S/C11H12N6O3/c1-6-2-3-7(17(18)19)8(4-6)20-5-9-14-10(12)16-11(13)15-9/h2-4H,5H2,1H3,(H4,12,13,14,15,16). The Bertz CT molecular complexity index is 640. The number of nitrogens with zero attached hydrogens (tertiary/aromatic N) is 4. The van der Waals surface area contributed by atoms with Gasteiger partial charge in [-0.3, -0.25) is 10.1 Å². The first kappa shape index (κ1) is 13.5. The van der Waals surface area contributed by atoms with Crippen molar-refractivity contribution in [2.45, 2.75) is 13.5 Å². The predicted molar refractivity (Wildman–Crippen MR) is 70.8 cm³/mol. The van der Waals surface area contributed by atoms with Crippen LogP contribution in [0.4, 0.5) is 17.6 Å². The van der Waals surface area contributed by atoms with Gasteiger partial charge in [-0.1, -0.05) is 6.07 Å². The number of aromatic nitrogens is 3. The summed E-state index contributed by atoms with van der Waals surface area (Å²) < 4.78 is 5.37. The molecule has 9 nitrogen and oxygen atoms in total. The maximum absolute atomic E-state index is 10.9. The molecule has 104 valence electrons. The van der Waals surface area contributed by atoms with E-state index in [2.05, 4.69) is 15.0 Å². The van der Waals surface area contributed by atoms with Crippen LogP contribution < -0.4 is 16.2 Å². The number of nitrogen functional groups attached to an aromatic ring is 2. The van der Waals surface area contributed by atoms with Crippen LogP contribution >= 0.6 is 0 Å². The zero-order valence-corrected chi connectivity index (χ0v) is 10.6. The van der Waals surface area contributed by atoms with Crippen molar-refractivity contribution in [2.24, 2.45) is 0 Å². The molecule has 0 spiro atoms. The lowest BCUT2D eigenvalue weighted by Crippen LogP contribution is -2.09. The van der Waals surface area contributed by atoms with Crippen LogP contribution in [-0.4, -0.2) is 19.9 Å². The lowest BCUT2D eigenvalue weighted by atomic mass is 10.2. The molecule has 0 aliphatic heterocycles. The quantitative estimate of drug-likeness (QED) is 0.617. The summed E-state index contributed by atoms with van der Waals surface area (Å²) >= 11 is 0. The lowest BCUT2D eigenvalue weighted by molar-refractivity contribution is -0.386. The Labute approximate surface area is 113 Å². The van der Waals surface area contributed by atoms with Gasteiger partial charge in [0, 0.05) is 6.07 Å². The highest BCUT2D eigenvalue weighted by atomic mass is 16.6. The van der Waals surface area contributed by atoms with Gasteiger partial charge in [-0.2, -0.15) is 15.0 Å². The number of ether oxygens (including phenoxy) is 1. The number of anilines is 2. The van der Waals surface area contributed by atoms with E-state index in [0.29, 0.717) is 0 Å². The third-order valence-corrected chi connectivity index (χ3v) is 2.39. The Kier molecular flexibility index (Phi) is 3.60. The minimum Gasteiger partial charge on any atom is -0.479 e. The maximum atomic E-state index is 10.9. The molecular weight excluding hydrogens is 264 g/mol. The molecule has 0 saturated heterocycles. The Balaban J connectivity index is 2.22. The van der Waals surface area contributed by atoms with Crippen LogP contribution in [0.1, 0.15) is 11.4 Å². The molecule has 0 atom stereocenters. The van der Waals surface area contributed by atoms with Crippen LogP contribution in [-0.2, 0) is 6.61 Å². The number of nitrogens with two attached hydrogens (primary N) is 2. The number of hydrogen-bond acceptors (Lipinski definition) is 8. The molecule has 1 heterocycles. The molecule has 1 aromatic heterocycles. The monoisotopic (exact) mass is 276 g/mol. The van der Waals surface area contributed by atoms with Crippen molar-refractivity contribution >= 4 is 17.6 Å². The van der Waals surface area contributed by atoms with Gasteiger partial charge < -0.3 is 16.2 Å². The van der Waals surface area contributed by atoms with Crippen LogP contribution in [0.5, 0.6) is 5.75 Å². The number of hydrogen-bond donors (Lipinski definition) is 2. The molecule has 0 aliphatic carbocycles. The fourth-order valence-electron chi connectivity index (χ4n) is 1.55. The van der Waals surface area contributed by atoms with E-state index in [0.717, 1.165) is 5.56 Å². The smallest absolute Gasteiger partial charge is 0.310 e. The normalized spacial score (nSPS) is 10.2. The highest BCUT2D eigenvalue weighted by Gasteiger charge is 2.15. The van der Waals surface area contributed by atoms with E-state index >= 15 is 0 Å². The molecule has 0 unspecified atom stereocenters. The van der Waals surface area contributed by atoms with Gasteiger partial charge >= 0.3 is 5.69 Å². The molecule has 0 aliphatic rings. The second kappa shape index (κ2) is 5.34. The first-order valence-corrected chi connectivity index (χ1v) is 5.59. The first-order valence-electron chi connectivity index (χ1n) is 5.59. The number of benzene rings is 1. The molecular formula is C11H12N6O3. The maximum Gasteiger partial charge on any atom is 0.310 e. The summed E-state index contributed by atoms with van der Waals surface area (Å²) in [6, 6.07) is 4.57. The van der Waals surface area contributed by atoms with E-state index in [9.17, 15) is 10.1 Å². The van der Waals surface area contributed by atoms with Gasteiger partial charge in [-0.05, 0) is 18.6 Å². The van der Waals surface area contributed by atoms with Crippen LogP contribution in [0.15, 0.2) is 18.2 Å². The zero-order valence-electron chi connectivity index (χ0n) is 10.6. The number of aryl methyl sites for hydroxylation is 1. The summed E-state index contributed by atoms with van der Waals surface area (Å²) in [5, 5.41) is 10.9. The Hall–Kier alpha value is -2.97. The second-order valence-corrected chi connectivity index (χ2v) is 3.98. The summed E-state index contributed by atoms with van der Waals surface area (Å²) in [7, 11) is 0. The van der Waals surface area contributed by atoms with Crippen molar-refractivity contribution in [1.29, 1.82) is 0 Å². The average Bonchev–Trinajstić information content (AvgIpc) is 2.35. The molecule has 2 rings (SSSR count). The summed E-state index contributed by atoms with van der Waals surface area (Å²) in [6.45, 7) is 1.71. The molecule has 1 aromatic carbocycles. The van der Waals surface area contributed by atoms with E-state index < -0.39 is 4.92 Å². The highest BCUT2D eigenvalue weighted by Crippen LogP contribution is 2.28. The summed E-state index contributed by atoms with van der Waals surface area (Å²) in [5.41, 5.74) is 11.5. The minimum absolute atomic E-state index is 0.0326. The van der Waals surface area contributed by atoms with Crippen LogP contribution in [0.2, 0.25) is 0 Å². The van der Waals surface area contributed by atoms with Crippen molar-refractivity contribution in [3.63, 3.8) is 0 Å². The summed E-state index contributed by atoms with van der Waals surface area (Å²) in [6.07, 6.45) is 0. The van der Waals surface area contributed by atoms with Crippen molar-refractivity contribution in [1.82, 2.24) is 15.0 Å². The molecule has 9 heteroatoms. The molecule has 0 bridgehead atoms. The van der Waals surface area contributed by atoms with E-state index in [4.69, 9.17) is 16.2 Å². The molecule has 0 fully saturated rings. The molecule has 4 N–H and O–H groups in total. The van der Waals surface area contributed by atoms with Gasteiger partial charge in [-0.25, -0.2) is 0 Å². The number of nitro benzene ring substituents is 1. The predicted octanol–water partition coefficient (Wildman–Crippen LogP) is 0.832. The SMILES string of the molecule is Cc1ccc([N+](=O)[O-])c(OCc2nc(N)nc(N)n2)c1. The largest absolute Gasteiger partial charge is 0.479 e. The fraction of sp³-hybridized carbons (Fsp3) is 0.182. The molecule has 0 radical (unpaired) electrons. The lowest BCUT2D eigenvalue weighted by Gasteiger charge is -2.07. The van der Waals surface area contributed by atoms with Crippen LogP contribution in [0, 0.1) is 17.0 Å². The Morgan fingerprint density at radius 2 is 1.90 bits per heavy atom. The first-order chi connectivity index (χ1) is 9.45. The minimum atomic E-state index is -0.523. The molecule has 2 aromatic rings. The van der Waals surface area contributed by atoms with Gasteiger partial charge in [0.2, 0.25) is 11.9 Å². The van der Waals surface area contributed by atoms with Crippen molar-refractivity contribution in [3.05, 3.63) is 39.7 Å². The van der Waals surface area contributed by atoms with E-state index in [1.54, 1.807) is 19.1 Å². The summed E-state index contributed by atoms with van der Waals surface area (Å²) in [4.78, 5) is 21.6. The molecule has 0 amide bonds. The van der Waals surface area contributed by atoms with Gasteiger partial charge in [0.1, 0.15) is 6.61 Å². The molecule has 20 heavy (non-hydrogen) atoms. The van der Waals surface area contributed by atoms with Crippen molar-refractivity contribution < 1.29 is 9.66 Å².